The fourth-order valence-electron chi connectivity index (χ4n) is 2.61. The summed E-state index contributed by atoms with van der Waals surface area (Å²) in [5.74, 6) is -1.04. The number of piperidine rings is 1. The average Bonchev–Trinajstić information content (AvgIpc) is 2.44. The molecule has 1 amide bonds. The van der Waals surface area contributed by atoms with Crippen molar-refractivity contribution in [1.29, 1.82) is 0 Å². The van der Waals surface area contributed by atoms with Crippen molar-refractivity contribution >= 4 is 27.8 Å². The van der Waals surface area contributed by atoms with Crippen molar-refractivity contribution < 1.29 is 19.1 Å². The second-order valence-electron chi connectivity index (χ2n) is 5.33. The van der Waals surface area contributed by atoms with E-state index in [1.165, 1.54) is 12.1 Å². The Morgan fingerprint density at radius 3 is 2.52 bits per heavy atom. The predicted octanol–water partition coefficient (Wildman–Crippen LogP) is 3.31. The Balaban J connectivity index is 1.92. The maximum Gasteiger partial charge on any atom is 0.303 e. The average molecular weight is 358 g/mol. The third-order valence-electron chi connectivity index (χ3n) is 3.78. The van der Waals surface area contributed by atoms with Gasteiger partial charge in [0, 0.05) is 29.5 Å². The smallest absolute Gasteiger partial charge is 0.303 e. The Morgan fingerprint density at radius 1 is 1.29 bits per heavy atom. The first-order valence-corrected chi connectivity index (χ1v) is 7.72. The van der Waals surface area contributed by atoms with Crippen LogP contribution in [-0.2, 0) is 4.79 Å². The van der Waals surface area contributed by atoms with E-state index in [4.69, 9.17) is 5.11 Å². The van der Waals surface area contributed by atoms with E-state index in [2.05, 4.69) is 15.9 Å². The third kappa shape index (κ3) is 4.52. The Bertz CT molecular complexity index is 521. The molecule has 1 N–H and O–H groups in total. The van der Waals surface area contributed by atoms with E-state index < -0.39 is 11.8 Å². The van der Waals surface area contributed by atoms with Crippen LogP contribution in [0.3, 0.4) is 0 Å². The van der Waals surface area contributed by atoms with Gasteiger partial charge in [0.25, 0.3) is 5.91 Å². The molecule has 1 saturated heterocycles. The van der Waals surface area contributed by atoms with Crippen LogP contribution in [0.4, 0.5) is 4.39 Å². The summed E-state index contributed by atoms with van der Waals surface area (Å²) in [4.78, 5) is 24.6. The number of aliphatic carboxylic acids is 1. The van der Waals surface area contributed by atoms with E-state index in [-0.39, 0.29) is 12.3 Å². The lowest BCUT2D eigenvalue weighted by Crippen LogP contribution is -2.38. The summed E-state index contributed by atoms with van der Waals surface area (Å²) in [6, 6.07) is 4.17. The van der Waals surface area contributed by atoms with Crippen molar-refractivity contribution in [3.8, 4) is 0 Å². The Kier molecular flexibility index (Phi) is 5.33. The van der Waals surface area contributed by atoms with E-state index in [1.807, 2.05) is 0 Å². The van der Waals surface area contributed by atoms with Gasteiger partial charge in [0.1, 0.15) is 5.82 Å². The SMILES string of the molecule is O=C(O)CCC1CCN(C(=O)c2cc(F)cc(Br)c2)CC1. The van der Waals surface area contributed by atoms with Gasteiger partial charge in [-0.25, -0.2) is 4.39 Å². The highest BCUT2D eigenvalue weighted by Crippen LogP contribution is 2.24. The van der Waals surface area contributed by atoms with Crippen LogP contribution in [0, 0.1) is 11.7 Å². The van der Waals surface area contributed by atoms with E-state index >= 15 is 0 Å². The topological polar surface area (TPSA) is 57.6 Å². The normalized spacial score (nSPS) is 16.0. The summed E-state index contributed by atoms with van der Waals surface area (Å²) in [5.41, 5.74) is 0.339. The summed E-state index contributed by atoms with van der Waals surface area (Å²) < 4.78 is 13.9. The molecule has 1 heterocycles. The van der Waals surface area contributed by atoms with Gasteiger partial charge in [-0.1, -0.05) is 15.9 Å². The van der Waals surface area contributed by atoms with Crippen LogP contribution in [0.15, 0.2) is 22.7 Å². The minimum absolute atomic E-state index is 0.174. The first-order valence-electron chi connectivity index (χ1n) is 6.93. The van der Waals surface area contributed by atoms with E-state index in [9.17, 15) is 14.0 Å². The number of carbonyl (C=O) groups is 2. The van der Waals surface area contributed by atoms with Gasteiger partial charge in [0.2, 0.25) is 0 Å². The van der Waals surface area contributed by atoms with Crippen LogP contribution < -0.4 is 0 Å². The molecule has 0 unspecified atom stereocenters. The van der Waals surface area contributed by atoms with E-state index in [0.29, 0.717) is 35.5 Å². The molecule has 1 aliphatic heterocycles. The monoisotopic (exact) mass is 357 g/mol. The number of nitrogens with zero attached hydrogens (tertiary/aromatic N) is 1. The van der Waals surface area contributed by atoms with Crippen LogP contribution in [0.5, 0.6) is 0 Å². The largest absolute Gasteiger partial charge is 0.481 e. The highest BCUT2D eigenvalue weighted by Gasteiger charge is 2.24. The Morgan fingerprint density at radius 2 is 1.95 bits per heavy atom. The van der Waals surface area contributed by atoms with Gasteiger partial charge in [-0.2, -0.15) is 0 Å². The van der Waals surface area contributed by atoms with Gasteiger partial charge in [-0.3, -0.25) is 9.59 Å². The zero-order valence-corrected chi connectivity index (χ0v) is 13.1. The van der Waals surface area contributed by atoms with Crippen LogP contribution in [0.1, 0.15) is 36.0 Å². The molecule has 0 spiro atoms. The first kappa shape index (κ1) is 15.9. The molecule has 6 heteroatoms. The van der Waals surface area contributed by atoms with E-state index in [0.717, 1.165) is 12.8 Å². The number of likely N-dealkylation sites (tertiary alicyclic amines) is 1. The number of hydrogen-bond acceptors (Lipinski definition) is 2. The first-order chi connectivity index (χ1) is 9.95. The van der Waals surface area contributed by atoms with Crippen LogP contribution >= 0.6 is 15.9 Å². The predicted molar refractivity (Wildman–Crippen MR) is 79.6 cm³/mol. The van der Waals surface area contributed by atoms with Crippen molar-refractivity contribution in [2.45, 2.75) is 25.7 Å². The fraction of sp³-hybridized carbons (Fsp3) is 0.467. The minimum Gasteiger partial charge on any atom is -0.481 e. The lowest BCUT2D eigenvalue weighted by Gasteiger charge is -2.32. The summed E-state index contributed by atoms with van der Waals surface area (Å²) in [6.45, 7) is 1.19. The number of halogens is 2. The summed E-state index contributed by atoms with van der Waals surface area (Å²) in [7, 11) is 0. The molecule has 114 valence electrons. The van der Waals surface area contributed by atoms with Crippen molar-refractivity contribution in [2.75, 3.05) is 13.1 Å². The fourth-order valence-corrected chi connectivity index (χ4v) is 3.08. The van der Waals surface area contributed by atoms with Crippen molar-refractivity contribution in [2.24, 2.45) is 5.92 Å². The number of carbonyl (C=O) groups excluding carboxylic acids is 1. The van der Waals surface area contributed by atoms with Crippen molar-refractivity contribution in [3.63, 3.8) is 0 Å². The van der Waals surface area contributed by atoms with Gasteiger partial charge in [-0.05, 0) is 43.4 Å². The molecule has 1 aliphatic rings. The maximum atomic E-state index is 13.3. The molecule has 0 atom stereocenters. The molecule has 0 aliphatic carbocycles. The molecule has 1 aromatic carbocycles. The minimum atomic E-state index is -0.780. The number of carboxylic acids is 1. The molecule has 1 fully saturated rings. The summed E-state index contributed by atoms with van der Waals surface area (Å²) in [6.07, 6.45) is 2.43. The zero-order chi connectivity index (χ0) is 15.4. The Hall–Kier alpha value is -1.43. The second kappa shape index (κ2) is 7.02. The number of hydrogen-bond donors (Lipinski definition) is 1. The lowest BCUT2D eigenvalue weighted by molar-refractivity contribution is -0.137. The molecule has 0 saturated carbocycles. The zero-order valence-electron chi connectivity index (χ0n) is 11.5. The van der Waals surface area contributed by atoms with E-state index in [1.54, 1.807) is 11.0 Å². The highest BCUT2D eigenvalue weighted by molar-refractivity contribution is 9.10. The lowest BCUT2D eigenvalue weighted by atomic mass is 9.92. The molecule has 0 aromatic heterocycles. The summed E-state index contributed by atoms with van der Waals surface area (Å²) >= 11 is 3.18. The van der Waals surface area contributed by atoms with Gasteiger partial charge in [0.05, 0.1) is 0 Å². The van der Waals surface area contributed by atoms with Crippen LogP contribution in [-0.4, -0.2) is 35.0 Å². The summed E-state index contributed by atoms with van der Waals surface area (Å²) in [5, 5.41) is 8.68. The number of benzene rings is 1. The van der Waals surface area contributed by atoms with Gasteiger partial charge in [-0.15, -0.1) is 0 Å². The Labute approximate surface area is 131 Å². The maximum absolute atomic E-state index is 13.3. The molecular weight excluding hydrogens is 341 g/mol. The molecule has 21 heavy (non-hydrogen) atoms. The molecule has 2 rings (SSSR count). The van der Waals surface area contributed by atoms with Crippen LogP contribution in [0.25, 0.3) is 0 Å². The standard InChI is InChI=1S/C15H17BrFNO3/c16-12-7-11(8-13(17)9-12)15(21)18-5-3-10(4-6-18)1-2-14(19)20/h7-10H,1-6H2,(H,19,20). The molecular formula is C15H17BrFNO3. The van der Waals surface area contributed by atoms with Gasteiger partial charge >= 0.3 is 5.97 Å². The third-order valence-corrected chi connectivity index (χ3v) is 4.24. The van der Waals surface area contributed by atoms with Crippen molar-refractivity contribution in [1.82, 2.24) is 4.90 Å². The van der Waals surface area contributed by atoms with Crippen LogP contribution in [0.2, 0.25) is 0 Å². The number of amides is 1. The van der Waals surface area contributed by atoms with Crippen molar-refractivity contribution in [3.05, 3.63) is 34.1 Å². The quantitative estimate of drug-likeness (QED) is 0.899. The molecule has 1 aromatic rings. The van der Waals surface area contributed by atoms with Gasteiger partial charge < -0.3 is 10.0 Å². The molecule has 0 bridgehead atoms. The van der Waals surface area contributed by atoms with Gasteiger partial charge in [0.15, 0.2) is 0 Å². The second-order valence-corrected chi connectivity index (χ2v) is 6.24. The molecule has 0 radical (unpaired) electrons. The highest BCUT2D eigenvalue weighted by atomic mass is 79.9. The number of rotatable bonds is 4. The number of carboxylic acid groups (broad SMARTS) is 1. The molecule has 4 nitrogen and oxygen atoms in total.